The van der Waals surface area contributed by atoms with Crippen molar-refractivity contribution in [3.05, 3.63) is 53.7 Å². The molecule has 1 unspecified atom stereocenters. The molecule has 3 rings (SSSR count). The molecule has 1 atom stereocenters. The number of nitrogens with zero attached hydrogens (tertiary/aromatic N) is 1. The second-order valence-corrected chi connectivity index (χ2v) is 6.61. The lowest BCUT2D eigenvalue weighted by Crippen LogP contribution is -2.25. The van der Waals surface area contributed by atoms with E-state index in [0.717, 1.165) is 30.5 Å². The molecule has 0 spiro atoms. The van der Waals surface area contributed by atoms with E-state index < -0.39 is 0 Å². The molecule has 1 heterocycles. The summed E-state index contributed by atoms with van der Waals surface area (Å²) in [5.41, 5.74) is 3.61. The van der Waals surface area contributed by atoms with Gasteiger partial charge < -0.3 is 5.11 Å². The van der Waals surface area contributed by atoms with Crippen LogP contribution in [-0.4, -0.2) is 16.2 Å². The van der Waals surface area contributed by atoms with Crippen LogP contribution < -0.4 is 0 Å². The van der Waals surface area contributed by atoms with Crippen LogP contribution in [0.25, 0.3) is 10.9 Å². The Morgan fingerprint density at radius 1 is 1.20 bits per heavy atom. The number of pyridine rings is 1. The summed E-state index contributed by atoms with van der Waals surface area (Å²) in [6, 6.07) is 12.4. The summed E-state index contributed by atoms with van der Waals surface area (Å²) in [6.45, 7) is 4.44. The van der Waals surface area contributed by atoms with Crippen molar-refractivity contribution >= 4 is 10.9 Å². The highest BCUT2D eigenvalue weighted by molar-refractivity contribution is 5.78. The van der Waals surface area contributed by atoms with E-state index in [1.165, 1.54) is 11.0 Å². The standard InChI is InChI=1S/C18H21NO/c1-18(2)11-13(10-16(20)12-18)9-15-8-7-14-5-3-4-6-17(14)19-15/h3-8,10,16,20H,9,11-12H2,1-2H3. The van der Waals surface area contributed by atoms with Crippen LogP contribution >= 0.6 is 0 Å². The number of hydrogen-bond donors (Lipinski definition) is 1. The summed E-state index contributed by atoms with van der Waals surface area (Å²) < 4.78 is 0. The number of allylic oxidation sites excluding steroid dienone is 1. The van der Waals surface area contributed by atoms with E-state index in [9.17, 15) is 5.11 Å². The maximum atomic E-state index is 9.97. The minimum Gasteiger partial charge on any atom is -0.389 e. The lowest BCUT2D eigenvalue weighted by atomic mass is 9.75. The Kier molecular flexibility index (Phi) is 3.35. The first-order valence-corrected chi connectivity index (χ1v) is 7.24. The molecule has 0 radical (unpaired) electrons. The summed E-state index contributed by atoms with van der Waals surface area (Å²) >= 11 is 0. The minimum atomic E-state index is -0.311. The van der Waals surface area contributed by atoms with Crippen molar-refractivity contribution in [3.8, 4) is 0 Å². The molecule has 0 aliphatic heterocycles. The van der Waals surface area contributed by atoms with Crippen LogP contribution in [0.4, 0.5) is 0 Å². The Bertz CT molecular complexity index is 657. The van der Waals surface area contributed by atoms with Gasteiger partial charge >= 0.3 is 0 Å². The number of para-hydroxylation sites is 1. The van der Waals surface area contributed by atoms with Crippen LogP contribution in [0.1, 0.15) is 32.4 Å². The maximum Gasteiger partial charge on any atom is 0.0728 e. The zero-order valence-electron chi connectivity index (χ0n) is 12.1. The second-order valence-electron chi connectivity index (χ2n) is 6.61. The van der Waals surface area contributed by atoms with Crippen LogP contribution in [-0.2, 0) is 6.42 Å². The zero-order chi connectivity index (χ0) is 14.2. The van der Waals surface area contributed by atoms with Gasteiger partial charge in [0.1, 0.15) is 0 Å². The molecule has 0 amide bonds. The van der Waals surface area contributed by atoms with Crippen molar-refractivity contribution in [1.29, 1.82) is 0 Å². The van der Waals surface area contributed by atoms with Gasteiger partial charge in [-0.05, 0) is 30.4 Å². The van der Waals surface area contributed by atoms with Crippen molar-refractivity contribution in [1.82, 2.24) is 4.98 Å². The molecule has 1 N–H and O–H groups in total. The van der Waals surface area contributed by atoms with Crippen molar-refractivity contribution < 1.29 is 5.11 Å². The summed E-state index contributed by atoms with van der Waals surface area (Å²) in [7, 11) is 0. The third kappa shape index (κ3) is 2.91. The van der Waals surface area contributed by atoms with E-state index in [-0.39, 0.29) is 11.5 Å². The molecule has 104 valence electrons. The van der Waals surface area contributed by atoms with Crippen LogP contribution in [0.3, 0.4) is 0 Å². The van der Waals surface area contributed by atoms with E-state index in [4.69, 9.17) is 4.98 Å². The molecule has 20 heavy (non-hydrogen) atoms. The van der Waals surface area contributed by atoms with Gasteiger partial charge in [-0.3, -0.25) is 4.98 Å². The van der Waals surface area contributed by atoms with E-state index in [1.54, 1.807) is 0 Å². The molecule has 0 saturated carbocycles. The molecule has 1 aromatic carbocycles. The molecule has 2 aromatic rings. The lowest BCUT2D eigenvalue weighted by molar-refractivity contribution is 0.138. The summed E-state index contributed by atoms with van der Waals surface area (Å²) in [5, 5.41) is 11.1. The first-order valence-electron chi connectivity index (χ1n) is 7.24. The predicted octanol–water partition coefficient (Wildman–Crippen LogP) is 3.88. The quantitative estimate of drug-likeness (QED) is 0.837. The fourth-order valence-corrected chi connectivity index (χ4v) is 3.20. The number of aliphatic hydroxyl groups excluding tert-OH is 1. The SMILES string of the molecule is CC1(C)CC(Cc2ccc3ccccc3n2)=CC(O)C1. The average molecular weight is 267 g/mol. The fraction of sp³-hybridized carbons (Fsp3) is 0.389. The van der Waals surface area contributed by atoms with E-state index in [0.29, 0.717) is 0 Å². The minimum absolute atomic E-state index is 0.181. The molecule has 2 heteroatoms. The van der Waals surface area contributed by atoms with Gasteiger partial charge in [0, 0.05) is 17.5 Å². The van der Waals surface area contributed by atoms with E-state index in [1.807, 2.05) is 24.3 Å². The largest absolute Gasteiger partial charge is 0.389 e. The third-order valence-electron chi connectivity index (χ3n) is 3.96. The van der Waals surface area contributed by atoms with Gasteiger partial charge in [-0.25, -0.2) is 0 Å². The van der Waals surface area contributed by atoms with Crippen molar-refractivity contribution in [3.63, 3.8) is 0 Å². The van der Waals surface area contributed by atoms with Gasteiger partial charge in [-0.2, -0.15) is 0 Å². The predicted molar refractivity (Wildman–Crippen MR) is 82.6 cm³/mol. The molecule has 0 bridgehead atoms. The Morgan fingerprint density at radius 2 is 2.00 bits per heavy atom. The normalized spacial score (nSPS) is 21.8. The van der Waals surface area contributed by atoms with Gasteiger partial charge in [0.05, 0.1) is 11.6 Å². The van der Waals surface area contributed by atoms with Crippen LogP contribution in [0, 0.1) is 5.41 Å². The lowest BCUT2D eigenvalue weighted by Gasteiger charge is -2.32. The summed E-state index contributed by atoms with van der Waals surface area (Å²) in [6.07, 6.45) is 4.43. The molecule has 1 aliphatic rings. The number of hydrogen-bond acceptors (Lipinski definition) is 2. The van der Waals surface area contributed by atoms with Crippen molar-refractivity contribution in [2.24, 2.45) is 5.41 Å². The topological polar surface area (TPSA) is 33.1 Å². The molecule has 0 saturated heterocycles. The van der Waals surface area contributed by atoms with Crippen molar-refractivity contribution in [2.75, 3.05) is 0 Å². The molecule has 2 nitrogen and oxygen atoms in total. The van der Waals surface area contributed by atoms with Crippen LogP contribution in [0.5, 0.6) is 0 Å². The van der Waals surface area contributed by atoms with E-state index in [2.05, 4.69) is 32.0 Å². The van der Waals surface area contributed by atoms with Crippen LogP contribution in [0.15, 0.2) is 48.0 Å². The molecular weight excluding hydrogens is 246 g/mol. The Balaban J connectivity index is 1.86. The van der Waals surface area contributed by atoms with Gasteiger partial charge in [0.15, 0.2) is 0 Å². The van der Waals surface area contributed by atoms with E-state index >= 15 is 0 Å². The van der Waals surface area contributed by atoms with Gasteiger partial charge in [-0.15, -0.1) is 0 Å². The molecule has 0 fully saturated rings. The second kappa shape index (κ2) is 5.02. The van der Waals surface area contributed by atoms with Crippen LogP contribution in [0.2, 0.25) is 0 Å². The number of benzene rings is 1. The maximum absolute atomic E-state index is 9.97. The number of aromatic nitrogens is 1. The average Bonchev–Trinajstić information content (AvgIpc) is 2.36. The number of fused-ring (bicyclic) bond motifs is 1. The first kappa shape index (κ1) is 13.3. The Morgan fingerprint density at radius 3 is 2.80 bits per heavy atom. The molecule has 1 aromatic heterocycles. The number of rotatable bonds is 2. The summed E-state index contributed by atoms with van der Waals surface area (Å²) in [5.74, 6) is 0. The zero-order valence-corrected chi connectivity index (χ0v) is 12.1. The summed E-state index contributed by atoms with van der Waals surface area (Å²) in [4.78, 5) is 4.72. The highest BCUT2D eigenvalue weighted by atomic mass is 16.3. The monoisotopic (exact) mass is 267 g/mol. The third-order valence-corrected chi connectivity index (χ3v) is 3.96. The highest BCUT2D eigenvalue weighted by Gasteiger charge is 2.27. The van der Waals surface area contributed by atoms with Crippen molar-refractivity contribution in [2.45, 2.75) is 39.2 Å². The smallest absolute Gasteiger partial charge is 0.0728 e. The van der Waals surface area contributed by atoms with Gasteiger partial charge in [0.2, 0.25) is 0 Å². The van der Waals surface area contributed by atoms with Gasteiger partial charge in [0.25, 0.3) is 0 Å². The fourth-order valence-electron chi connectivity index (χ4n) is 3.20. The van der Waals surface area contributed by atoms with Gasteiger partial charge in [-0.1, -0.05) is 49.8 Å². The highest BCUT2D eigenvalue weighted by Crippen LogP contribution is 2.36. The first-order chi connectivity index (χ1) is 9.52. The number of aliphatic hydroxyl groups is 1. The Hall–Kier alpha value is -1.67. The Labute approximate surface area is 120 Å². The molecule has 1 aliphatic carbocycles. The molecular formula is C18H21NO.